The number of hydrogen-bond acceptors (Lipinski definition) is 3. The summed E-state index contributed by atoms with van der Waals surface area (Å²) in [5.41, 5.74) is 2.39. The molecule has 0 saturated carbocycles. The molecule has 1 aliphatic heterocycles. The van der Waals surface area contributed by atoms with E-state index >= 15 is 0 Å². The zero-order valence-corrected chi connectivity index (χ0v) is 9.88. The molecule has 0 aromatic heterocycles. The molecule has 2 rings (SSSR count). The monoisotopic (exact) mass is 239 g/mol. The van der Waals surface area contributed by atoms with Gasteiger partial charge in [-0.1, -0.05) is 17.7 Å². The van der Waals surface area contributed by atoms with Crippen LogP contribution in [0.5, 0.6) is 0 Å². The van der Waals surface area contributed by atoms with E-state index in [2.05, 4.69) is 5.32 Å². The standard InChI is InChI=1S/C12H14ClNO2/c1-16-12(15)11-7-8-2-3-10(13)6-9(8)4-5-14-11/h2-3,6,11,14H,4-5,7H2,1H3. The van der Waals surface area contributed by atoms with Gasteiger partial charge in [0.15, 0.2) is 0 Å². The third kappa shape index (κ3) is 2.36. The lowest BCUT2D eigenvalue weighted by Gasteiger charge is -2.13. The van der Waals surface area contributed by atoms with Gasteiger partial charge in [0.2, 0.25) is 0 Å². The number of methoxy groups -OCH3 is 1. The Morgan fingerprint density at radius 3 is 3.06 bits per heavy atom. The van der Waals surface area contributed by atoms with E-state index in [9.17, 15) is 4.79 Å². The van der Waals surface area contributed by atoms with Crippen LogP contribution in [0, 0.1) is 0 Å². The molecular weight excluding hydrogens is 226 g/mol. The zero-order valence-electron chi connectivity index (χ0n) is 9.13. The van der Waals surface area contributed by atoms with Gasteiger partial charge in [0, 0.05) is 5.02 Å². The van der Waals surface area contributed by atoms with Crippen LogP contribution in [0.15, 0.2) is 18.2 Å². The Hall–Kier alpha value is -1.06. The lowest BCUT2D eigenvalue weighted by molar-refractivity contribution is -0.143. The van der Waals surface area contributed by atoms with Crippen molar-refractivity contribution in [1.82, 2.24) is 5.32 Å². The number of ether oxygens (including phenoxy) is 1. The highest BCUT2D eigenvalue weighted by Gasteiger charge is 2.22. The van der Waals surface area contributed by atoms with Crippen LogP contribution in [0.1, 0.15) is 11.1 Å². The van der Waals surface area contributed by atoms with Gasteiger partial charge in [-0.25, -0.2) is 0 Å². The average molecular weight is 240 g/mol. The predicted molar refractivity (Wildman–Crippen MR) is 62.7 cm³/mol. The Morgan fingerprint density at radius 2 is 2.31 bits per heavy atom. The van der Waals surface area contributed by atoms with Crippen LogP contribution in [0.4, 0.5) is 0 Å². The minimum absolute atomic E-state index is 0.206. The van der Waals surface area contributed by atoms with E-state index < -0.39 is 0 Å². The van der Waals surface area contributed by atoms with Crippen LogP contribution >= 0.6 is 11.6 Å². The van der Waals surface area contributed by atoms with Crippen molar-refractivity contribution >= 4 is 17.6 Å². The molecule has 1 N–H and O–H groups in total. The van der Waals surface area contributed by atoms with Crippen molar-refractivity contribution in [3.05, 3.63) is 34.3 Å². The van der Waals surface area contributed by atoms with E-state index in [1.54, 1.807) is 0 Å². The summed E-state index contributed by atoms with van der Waals surface area (Å²) >= 11 is 5.94. The first-order valence-electron chi connectivity index (χ1n) is 5.29. The van der Waals surface area contributed by atoms with Crippen LogP contribution in [-0.4, -0.2) is 25.7 Å². The lowest BCUT2D eigenvalue weighted by Crippen LogP contribution is -2.38. The first kappa shape index (κ1) is 11.4. The summed E-state index contributed by atoms with van der Waals surface area (Å²) in [4.78, 5) is 11.5. The van der Waals surface area contributed by atoms with Gasteiger partial charge < -0.3 is 10.1 Å². The molecule has 0 bridgehead atoms. The largest absolute Gasteiger partial charge is 0.468 e. The summed E-state index contributed by atoms with van der Waals surface area (Å²) in [6, 6.07) is 5.58. The molecule has 1 atom stereocenters. The summed E-state index contributed by atoms with van der Waals surface area (Å²) in [5.74, 6) is -0.206. The number of nitrogens with one attached hydrogen (secondary N) is 1. The van der Waals surface area contributed by atoms with E-state index in [1.165, 1.54) is 18.2 Å². The molecule has 0 amide bonds. The average Bonchev–Trinajstić information content (AvgIpc) is 2.49. The van der Waals surface area contributed by atoms with E-state index in [-0.39, 0.29) is 12.0 Å². The van der Waals surface area contributed by atoms with Gasteiger partial charge in [0.05, 0.1) is 7.11 Å². The second-order valence-electron chi connectivity index (χ2n) is 3.90. The van der Waals surface area contributed by atoms with E-state index in [0.29, 0.717) is 6.42 Å². The second-order valence-corrected chi connectivity index (χ2v) is 4.33. The Balaban J connectivity index is 2.24. The van der Waals surface area contributed by atoms with Crippen molar-refractivity contribution in [2.45, 2.75) is 18.9 Å². The first-order valence-corrected chi connectivity index (χ1v) is 5.67. The maximum atomic E-state index is 11.5. The molecule has 0 aliphatic carbocycles. The first-order chi connectivity index (χ1) is 7.70. The molecule has 3 nitrogen and oxygen atoms in total. The maximum absolute atomic E-state index is 11.5. The topological polar surface area (TPSA) is 38.3 Å². The Morgan fingerprint density at radius 1 is 1.50 bits per heavy atom. The normalized spacial score (nSPS) is 19.8. The fourth-order valence-corrected chi connectivity index (χ4v) is 2.20. The quantitative estimate of drug-likeness (QED) is 0.756. The molecule has 0 spiro atoms. The van der Waals surface area contributed by atoms with Crippen LogP contribution in [0.2, 0.25) is 5.02 Å². The smallest absolute Gasteiger partial charge is 0.323 e. The Labute approximate surface area is 99.7 Å². The molecule has 16 heavy (non-hydrogen) atoms. The molecule has 4 heteroatoms. The van der Waals surface area contributed by atoms with Crippen LogP contribution in [-0.2, 0) is 22.4 Å². The van der Waals surface area contributed by atoms with Crippen molar-refractivity contribution in [2.24, 2.45) is 0 Å². The van der Waals surface area contributed by atoms with E-state index in [0.717, 1.165) is 18.0 Å². The summed E-state index contributed by atoms with van der Waals surface area (Å²) in [5, 5.41) is 3.93. The number of halogens is 1. The zero-order chi connectivity index (χ0) is 11.5. The Kier molecular flexibility index (Phi) is 3.46. The van der Waals surface area contributed by atoms with Gasteiger partial charge in [-0.05, 0) is 42.6 Å². The summed E-state index contributed by atoms with van der Waals surface area (Å²) in [7, 11) is 1.41. The van der Waals surface area contributed by atoms with Crippen molar-refractivity contribution in [3.8, 4) is 0 Å². The summed E-state index contributed by atoms with van der Waals surface area (Å²) < 4.78 is 4.76. The highest BCUT2D eigenvalue weighted by atomic mass is 35.5. The SMILES string of the molecule is COC(=O)C1Cc2ccc(Cl)cc2CCN1. The number of benzene rings is 1. The van der Waals surface area contributed by atoms with Crippen molar-refractivity contribution in [3.63, 3.8) is 0 Å². The molecule has 0 fully saturated rings. The molecule has 86 valence electrons. The molecule has 0 radical (unpaired) electrons. The molecule has 1 unspecified atom stereocenters. The van der Waals surface area contributed by atoms with Gasteiger partial charge >= 0.3 is 5.97 Å². The molecular formula is C12H14ClNO2. The fraction of sp³-hybridized carbons (Fsp3) is 0.417. The summed E-state index contributed by atoms with van der Waals surface area (Å²) in [6.07, 6.45) is 1.56. The van der Waals surface area contributed by atoms with E-state index in [4.69, 9.17) is 16.3 Å². The van der Waals surface area contributed by atoms with Crippen LogP contribution < -0.4 is 5.32 Å². The molecule has 1 aromatic rings. The van der Waals surface area contributed by atoms with Gasteiger partial charge in [-0.2, -0.15) is 0 Å². The molecule has 1 heterocycles. The highest BCUT2D eigenvalue weighted by Crippen LogP contribution is 2.20. The number of esters is 1. The van der Waals surface area contributed by atoms with Crippen molar-refractivity contribution in [2.75, 3.05) is 13.7 Å². The van der Waals surface area contributed by atoms with Crippen molar-refractivity contribution in [1.29, 1.82) is 0 Å². The number of rotatable bonds is 1. The van der Waals surface area contributed by atoms with Crippen LogP contribution in [0.3, 0.4) is 0 Å². The molecule has 0 saturated heterocycles. The van der Waals surface area contributed by atoms with Gasteiger partial charge in [0.1, 0.15) is 6.04 Å². The number of fused-ring (bicyclic) bond motifs is 1. The third-order valence-electron chi connectivity index (χ3n) is 2.86. The number of carbonyl (C=O) groups excluding carboxylic acids is 1. The highest BCUT2D eigenvalue weighted by molar-refractivity contribution is 6.30. The number of hydrogen-bond donors (Lipinski definition) is 1. The summed E-state index contributed by atoms with van der Waals surface area (Å²) in [6.45, 7) is 0.771. The van der Waals surface area contributed by atoms with Crippen molar-refractivity contribution < 1.29 is 9.53 Å². The Bertz CT molecular complexity index is 406. The fourth-order valence-electron chi connectivity index (χ4n) is 2.01. The third-order valence-corrected chi connectivity index (χ3v) is 3.10. The van der Waals surface area contributed by atoms with E-state index in [1.807, 2.05) is 18.2 Å². The second kappa shape index (κ2) is 4.85. The minimum Gasteiger partial charge on any atom is -0.468 e. The lowest BCUT2D eigenvalue weighted by atomic mass is 10.0. The van der Waals surface area contributed by atoms with Gasteiger partial charge in [-0.3, -0.25) is 4.79 Å². The molecule has 1 aliphatic rings. The predicted octanol–water partition coefficient (Wildman–Crippen LogP) is 1.57. The van der Waals surface area contributed by atoms with Gasteiger partial charge in [-0.15, -0.1) is 0 Å². The molecule has 1 aromatic carbocycles. The van der Waals surface area contributed by atoms with Gasteiger partial charge in [0.25, 0.3) is 0 Å². The number of carbonyl (C=O) groups is 1. The van der Waals surface area contributed by atoms with Crippen LogP contribution in [0.25, 0.3) is 0 Å². The minimum atomic E-state index is -0.243. The maximum Gasteiger partial charge on any atom is 0.323 e.